The van der Waals surface area contributed by atoms with E-state index in [1.54, 1.807) is 10.9 Å². The fourth-order valence-corrected chi connectivity index (χ4v) is 2.64. The van der Waals surface area contributed by atoms with E-state index < -0.39 is 0 Å². The van der Waals surface area contributed by atoms with E-state index in [0.29, 0.717) is 11.6 Å². The van der Waals surface area contributed by atoms with Gasteiger partial charge in [-0.05, 0) is 43.1 Å². The molecule has 2 aromatic heterocycles. The molecule has 1 unspecified atom stereocenters. The molecule has 22 heavy (non-hydrogen) atoms. The number of aryl methyl sites for hydroxylation is 2. The van der Waals surface area contributed by atoms with Gasteiger partial charge in [-0.3, -0.25) is 14.2 Å². The number of halogens is 2. The number of amides is 1. The molecular weight excluding hydrogens is 370 g/mol. The summed E-state index contributed by atoms with van der Waals surface area (Å²) in [6.07, 6.45) is 4.46. The smallest absolute Gasteiger partial charge is 0.244 e. The third-order valence-electron chi connectivity index (χ3n) is 3.45. The summed E-state index contributed by atoms with van der Waals surface area (Å²) in [5.74, 6) is -0.0658. The molecular formula is C14H19BrClN5O. The summed E-state index contributed by atoms with van der Waals surface area (Å²) in [7, 11) is 0. The van der Waals surface area contributed by atoms with E-state index >= 15 is 0 Å². The van der Waals surface area contributed by atoms with Crippen molar-refractivity contribution in [2.75, 3.05) is 6.54 Å². The summed E-state index contributed by atoms with van der Waals surface area (Å²) in [5.41, 5.74) is 1.55. The quantitative estimate of drug-likeness (QED) is 0.774. The Hall–Kier alpha value is -1.34. The molecule has 8 heteroatoms. The fourth-order valence-electron chi connectivity index (χ4n) is 2.19. The molecule has 120 valence electrons. The van der Waals surface area contributed by atoms with Gasteiger partial charge >= 0.3 is 0 Å². The predicted octanol–water partition coefficient (Wildman–Crippen LogP) is 2.88. The highest BCUT2D eigenvalue weighted by atomic mass is 79.9. The number of carbonyl (C=O) groups is 1. The first kappa shape index (κ1) is 17.0. The minimum Gasteiger partial charge on any atom is -0.354 e. The molecule has 2 aromatic rings. The molecule has 2 heterocycles. The van der Waals surface area contributed by atoms with E-state index in [1.165, 1.54) is 0 Å². The first-order chi connectivity index (χ1) is 10.4. The van der Waals surface area contributed by atoms with Crippen LogP contribution in [-0.2, 0) is 11.3 Å². The van der Waals surface area contributed by atoms with Crippen molar-refractivity contribution in [1.29, 1.82) is 0 Å². The van der Waals surface area contributed by atoms with Gasteiger partial charge in [0.05, 0.1) is 27.1 Å². The zero-order valence-electron chi connectivity index (χ0n) is 12.8. The Morgan fingerprint density at radius 2 is 2.23 bits per heavy atom. The van der Waals surface area contributed by atoms with Crippen LogP contribution in [0.1, 0.15) is 30.8 Å². The summed E-state index contributed by atoms with van der Waals surface area (Å²) in [5, 5.41) is 12.0. The molecule has 0 aliphatic carbocycles. The Morgan fingerprint density at radius 1 is 1.50 bits per heavy atom. The highest BCUT2D eigenvalue weighted by Gasteiger charge is 2.19. The Kier molecular flexibility index (Phi) is 5.63. The minimum atomic E-state index is -0.384. The Balaban J connectivity index is 1.82. The molecule has 0 bridgehead atoms. The number of nitrogens with zero attached hydrogens (tertiary/aromatic N) is 4. The molecule has 0 saturated carbocycles. The predicted molar refractivity (Wildman–Crippen MR) is 89.0 cm³/mol. The zero-order chi connectivity index (χ0) is 16.3. The molecule has 1 atom stereocenters. The van der Waals surface area contributed by atoms with Gasteiger partial charge in [-0.2, -0.15) is 10.2 Å². The molecule has 0 aromatic carbocycles. The van der Waals surface area contributed by atoms with Gasteiger partial charge in [-0.15, -0.1) is 0 Å². The van der Waals surface area contributed by atoms with Crippen molar-refractivity contribution in [3.05, 3.63) is 33.3 Å². The van der Waals surface area contributed by atoms with Gasteiger partial charge in [0.2, 0.25) is 5.91 Å². The third-order valence-corrected chi connectivity index (χ3v) is 4.40. The lowest BCUT2D eigenvalue weighted by atomic mass is 10.3. The molecule has 0 fully saturated rings. The molecule has 6 nitrogen and oxygen atoms in total. The second-order valence-electron chi connectivity index (χ2n) is 5.17. The highest BCUT2D eigenvalue weighted by molar-refractivity contribution is 9.10. The minimum absolute atomic E-state index is 0.0658. The van der Waals surface area contributed by atoms with Gasteiger partial charge in [0.15, 0.2) is 0 Å². The van der Waals surface area contributed by atoms with Gasteiger partial charge in [0, 0.05) is 19.3 Å². The van der Waals surface area contributed by atoms with E-state index in [0.717, 1.165) is 28.8 Å². The maximum atomic E-state index is 12.2. The summed E-state index contributed by atoms with van der Waals surface area (Å²) in [4.78, 5) is 12.2. The number of aromatic nitrogens is 4. The standard InChI is InChI=1S/C14H19BrClN5O/c1-9-13(16)10(2)21(19-9)11(3)14(22)17-5-4-6-20-8-12(15)7-18-20/h7-8,11H,4-6H2,1-3H3,(H,17,22). The van der Waals surface area contributed by atoms with E-state index in [4.69, 9.17) is 11.6 Å². The van der Waals surface area contributed by atoms with E-state index in [2.05, 4.69) is 31.4 Å². The molecule has 0 aliphatic heterocycles. The normalized spacial score (nSPS) is 12.4. The van der Waals surface area contributed by atoms with Crippen LogP contribution in [0.3, 0.4) is 0 Å². The van der Waals surface area contributed by atoms with Crippen molar-refractivity contribution in [1.82, 2.24) is 24.9 Å². The van der Waals surface area contributed by atoms with Crippen LogP contribution in [0, 0.1) is 13.8 Å². The van der Waals surface area contributed by atoms with Gasteiger partial charge < -0.3 is 5.32 Å². The van der Waals surface area contributed by atoms with Crippen LogP contribution in [0.4, 0.5) is 0 Å². The van der Waals surface area contributed by atoms with Crippen molar-refractivity contribution >= 4 is 33.4 Å². The van der Waals surface area contributed by atoms with Crippen LogP contribution in [0.2, 0.25) is 5.02 Å². The van der Waals surface area contributed by atoms with Crippen LogP contribution in [-0.4, -0.2) is 32.0 Å². The van der Waals surface area contributed by atoms with Crippen LogP contribution in [0.5, 0.6) is 0 Å². The zero-order valence-corrected chi connectivity index (χ0v) is 15.1. The van der Waals surface area contributed by atoms with E-state index in [9.17, 15) is 4.79 Å². The van der Waals surface area contributed by atoms with Crippen LogP contribution >= 0.6 is 27.5 Å². The lowest BCUT2D eigenvalue weighted by Crippen LogP contribution is -2.33. The molecule has 0 radical (unpaired) electrons. The molecule has 0 spiro atoms. The lowest BCUT2D eigenvalue weighted by molar-refractivity contribution is -0.124. The molecule has 1 amide bonds. The van der Waals surface area contributed by atoms with Crippen molar-refractivity contribution in [3.8, 4) is 0 Å². The van der Waals surface area contributed by atoms with Crippen LogP contribution in [0.15, 0.2) is 16.9 Å². The first-order valence-corrected chi connectivity index (χ1v) is 8.24. The summed E-state index contributed by atoms with van der Waals surface area (Å²) < 4.78 is 4.45. The maximum absolute atomic E-state index is 12.2. The summed E-state index contributed by atoms with van der Waals surface area (Å²) in [6, 6.07) is -0.384. The van der Waals surface area contributed by atoms with Gasteiger partial charge in [-0.1, -0.05) is 11.6 Å². The molecule has 1 N–H and O–H groups in total. The lowest BCUT2D eigenvalue weighted by Gasteiger charge is -2.14. The fraction of sp³-hybridized carbons (Fsp3) is 0.500. The van der Waals surface area contributed by atoms with Gasteiger partial charge in [0.1, 0.15) is 6.04 Å². The van der Waals surface area contributed by atoms with E-state index in [-0.39, 0.29) is 11.9 Å². The largest absolute Gasteiger partial charge is 0.354 e. The maximum Gasteiger partial charge on any atom is 0.244 e. The highest BCUT2D eigenvalue weighted by Crippen LogP contribution is 2.22. The monoisotopic (exact) mass is 387 g/mol. The van der Waals surface area contributed by atoms with Gasteiger partial charge in [0.25, 0.3) is 0 Å². The number of rotatable bonds is 6. The topological polar surface area (TPSA) is 64.7 Å². The Morgan fingerprint density at radius 3 is 2.77 bits per heavy atom. The average molecular weight is 389 g/mol. The van der Waals surface area contributed by atoms with Gasteiger partial charge in [-0.25, -0.2) is 0 Å². The second-order valence-corrected chi connectivity index (χ2v) is 6.47. The molecule has 0 saturated heterocycles. The SMILES string of the molecule is Cc1nn(C(C)C(=O)NCCCn2cc(Br)cn2)c(C)c1Cl. The summed E-state index contributed by atoms with van der Waals surface area (Å²) in [6.45, 7) is 6.86. The van der Waals surface area contributed by atoms with Crippen molar-refractivity contribution < 1.29 is 4.79 Å². The number of hydrogen-bond acceptors (Lipinski definition) is 3. The van der Waals surface area contributed by atoms with Crippen LogP contribution < -0.4 is 5.32 Å². The van der Waals surface area contributed by atoms with Crippen molar-refractivity contribution in [2.45, 2.75) is 39.8 Å². The summed E-state index contributed by atoms with van der Waals surface area (Å²) >= 11 is 9.47. The van der Waals surface area contributed by atoms with Crippen molar-refractivity contribution in [3.63, 3.8) is 0 Å². The van der Waals surface area contributed by atoms with Crippen LogP contribution in [0.25, 0.3) is 0 Å². The first-order valence-electron chi connectivity index (χ1n) is 7.07. The number of nitrogens with one attached hydrogen (secondary N) is 1. The second kappa shape index (κ2) is 7.28. The number of hydrogen-bond donors (Lipinski definition) is 1. The average Bonchev–Trinajstić information content (AvgIpc) is 3.01. The number of carbonyl (C=O) groups excluding carboxylic acids is 1. The molecule has 2 rings (SSSR count). The van der Waals surface area contributed by atoms with Crippen molar-refractivity contribution in [2.24, 2.45) is 0 Å². The van der Waals surface area contributed by atoms with E-state index in [1.807, 2.05) is 31.6 Å². The third kappa shape index (κ3) is 3.89. The Labute approximate surface area is 143 Å². The molecule has 0 aliphatic rings. The Bertz CT molecular complexity index is 666.